The van der Waals surface area contributed by atoms with E-state index < -0.39 is 0 Å². The molecule has 8 heteroatoms. The second kappa shape index (κ2) is 11.9. The Balaban J connectivity index is 1.46. The lowest BCUT2D eigenvalue weighted by molar-refractivity contribution is 0.319. The van der Waals surface area contributed by atoms with Gasteiger partial charge in [0.15, 0.2) is 17.5 Å². The Hall–Kier alpha value is -3.13. The minimum absolute atomic E-state index is 0.522. The molecule has 0 aliphatic rings. The fraction of sp³-hybridized carbons (Fsp3) is 0.348. The second-order valence-electron chi connectivity index (χ2n) is 6.66. The third kappa shape index (κ3) is 6.96. The van der Waals surface area contributed by atoms with Crippen LogP contribution in [0.25, 0.3) is 0 Å². The Morgan fingerprint density at radius 3 is 2.55 bits per heavy atom. The van der Waals surface area contributed by atoms with Crippen molar-refractivity contribution in [3.8, 4) is 17.4 Å². The number of hydrogen-bond acceptors (Lipinski definition) is 6. The van der Waals surface area contributed by atoms with Gasteiger partial charge in [0.1, 0.15) is 0 Å². The van der Waals surface area contributed by atoms with Crippen LogP contribution in [0.1, 0.15) is 29.3 Å². The molecule has 0 unspecified atom stereocenters. The average Bonchev–Trinajstić information content (AvgIpc) is 3.26. The van der Waals surface area contributed by atoms with Crippen molar-refractivity contribution in [1.29, 1.82) is 0 Å². The largest absolute Gasteiger partial charge is 0.490 e. The lowest BCUT2D eigenvalue weighted by Gasteiger charge is -2.12. The third-order valence-corrected chi connectivity index (χ3v) is 5.63. The average molecular weight is 440 g/mol. The monoisotopic (exact) mass is 439 g/mol. The molecule has 2 N–H and O–H groups in total. The molecule has 0 aliphatic heterocycles. The van der Waals surface area contributed by atoms with E-state index in [1.54, 1.807) is 24.6 Å². The first-order chi connectivity index (χ1) is 15.2. The Morgan fingerprint density at radius 1 is 1.03 bits per heavy atom. The van der Waals surface area contributed by atoms with E-state index in [2.05, 4.69) is 32.5 Å². The van der Waals surface area contributed by atoms with Crippen molar-refractivity contribution in [2.24, 2.45) is 4.99 Å². The number of rotatable bonds is 10. The first kappa shape index (κ1) is 22.6. The zero-order valence-electron chi connectivity index (χ0n) is 18.2. The summed E-state index contributed by atoms with van der Waals surface area (Å²) in [5.74, 6) is 2.63. The summed E-state index contributed by atoms with van der Waals surface area (Å²) in [5, 5.41) is 7.77. The summed E-state index contributed by atoms with van der Waals surface area (Å²) in [4.78, 5) is 14.4. The molecule has 0 fully saturated rings. The van der Waals surface area contributed by atoms with Crippen molar-refractivity contribution < 1.29 is 9.47 Å². The van der Waals surface area contributed by atoms with Crippen LogP contribution < -0.4 is 20.1 Å². The van der Waals surface area contributed by atoms with Gasteiger partial charge in [-0.05, 0) is 31.0 Å². The summed E-state index contributed by atoms with van der Waals surface area (Å²) in [7, 11) is 1.76. The van der Waals surface area contributed by atoms with E-state index in [4.69, 9.17) is 9.47 Å². The fourth-order valence-electron chi connectivity index (χ4n) is 2.82. The van der Waals surface area contributed by atoms with Gasteiger partial charge in [-0.3, -0.25) is 4.99 Å². The van der Waals surface area contributed by atoms with E-state index in [1.807, 2.05) is 49.5 Å². The maximum absolute atomic E-state index is 5.87. The van der Waals surface area contributed by atoms with Crippen LogP contribution in [0.15, 0.2) is 53.8 Å². The molecule has 3 rings (SSSR count). The number of ether oxygens (including phenoxy) is 2. The van der Waals surface area contributed by atoms with Crippen molar-refractivity contribution in [3.63, 3.8) is 0 Å². The summed E-state index contributed by atoms with van der Waals surface area (Å²) in [6.07, 6.45) is 5.66. The minimum Gasteiger partial charge on any atom is -0.490 e. The molecule has 0 radical (unpaired) electrons. The fourth-order valence-corrected chi connectivity index (χ4v) is 3.68. The van der Waals surface area contributed by atoms with Crippen molar-refractivity contribution in [2.75, 3.05) is 20.2 Å². The number of nitrogens with one attached hydrogen (secondary N) is 2. The molecular formula is C23H29N5O2S. The number of pyridine rings is 1. The molecule has 0 saturated heterocycles. The van der Waals surface area contributed by atoms with Gasteiger partial charge in [0.05, 0.1) is 11.6 Å². The number of nitrogens with zero attached hydrogens (tertiary/aromatic N) is 3. The van der Waals surface area contributed by atoms with Crippen molar-refractivity contribution in [1.82, 2.24) is 20.6 Å². The maximum Gasteiger partial charge on any atom is 0.219 e. The van der Waals surface area contributed by atoms with Gasteiger partial charge in [-0.1, -0.05) is 25.1 Å². The normalized spacial score (nSPS) is 11.3. The van der Waals surface area contributed by atoms with E-state index in [0.29, 0.717) is 30.5 Å². The van der Waals surface area contributed by atoms with Crippen LogP contribution in [0, 0.1) is 0 Å². The van der Waals surface area contributed by atoms with Gasteiger partial charge in [-0.2, -0.15) is 0 Å². The Morgan fingerprint density at radius 2 is 1.87 bits per heavy atom. The minimum atomic E-state index is 0.522. The van der Waals surface area contributed by atoms with Crippen LogP contribution in [0.2, 0.25) is 0 Å². The summed E-state index contributed by atoms with van der Waals surface area (Å²) in [6, 6.07) is 11.4. The number of hydrogen-bond donors (Lipinski definition) is 2. The molecule has 2 aromatic heterocycles. The van der Waals surface area contributed by atoms with E-state index in [-0.39, 0.29) is 0 Å². The first-order valence-corrected chi connectivity index (χ1v) is 11.3. The lowest BCUT2D eigenvalue weighted by atomic mass is 10.3. The van der Waals surface area contributed by atoms with Gasteiger partial charge >= 0.3 is 0 Å². The summed E-state index contributed by atoms with van der Waals surface area (Å²) in [6.45, 7) is 6.06. The van der Waals surface area contributed by atoms with Gasteiger partial charge in [-0.25, -0.2) is 9.97 Å². The number of aliphatic imine (C=N–C) groups is 1. The van der Waals surface area contributed by atoms with Crippen molar-refractivity contribution in [2.45, 2.75) is 33.2 Å². The van der Waals surface area contributed by atoms with Gasteiger partial charge in [-0.15, -0.1) is 11.3 Å². The molecule has 0 bridgehead atoms. The standard InChI is InChI=1S/C23H29N5O2S/c1-4-18-16-27-22(31-18)12-13-25-23(24-3)28-15-17-10-11-21(26-14-17)30-20-9-7-6-8-19(20)29-5-2/h6-11,14,16H,4-5,12-13,15H2,1-3H3,(H2,24,25,28). The molecule has 0 spiro atoms. The van der Waals surface area contributed by atoms with E-state index in [1.165, 1.54) is 4.88 Å². The Bertz CT molecular complexity index is 972. The molecular weight excluding hydrogens is 410 g/mol. The van der Waals surface area contributed by atoms with Gasteiger partial charge < -0.3 is 20.1 Å². The highest BCUT2D eigenvalue weighted by molar-refractivity contribution is 7.11. The van der Waals surface area contributed by atoms with E-state index >= 15 is 0 Å². The second-order valence-corrected chi connectivity index (χ2v) is 7.86. The number of aromatic nitrogens is 2. The van der Waals surface area contributed by atoms with Gasteiger partial charge in [0, 0.05) is 49.9 Å². The molecule has 1 aromatic carbocycles. The first-order valence-electron chi connectivity index (χ1n) is 10.4. The van der Waals surface area contributed by atoms with Gasteiger partial charge in [0.2, 0.25) is 5.88 Å². The zero-order chi connectivity index (χ0) is 21.9. The number of guanidine groups is 1. The highest BCUT2D eigenvalue weighted by atomic mass is 32.1. The van der Waals surface area contributed by atoms with Crippen LogP contribution in [0.3, 0.4) is 0 Å². The van der Waals surface area contributed by atoms with Crippen LogP contribution in [-0.2, 0) is 19.4 Å². The van der Waals surface area contributed by atoms with E-state index in [0.717, 1.165) is 35.9 Å². The number of aryl methyl sites for hydroxylation is 1. The topological polar surface area (TPSA) is 80.7 Å². The van der Waals surface area contributed by atoms with Crippen LogP contribution >= 0.6 is 11.3 Å². The number of benzene rings is 1. The van der Waals surface area contributed by atoms with E-state index in [9.17, 15) is 0 Å². The zero-order valence-corrected chi connectivity index (χ0v) is 19.0. The predicted molar refractivity (Wildman–Crippen MR) is 125 cm³/mol. The Labute approximate surface area is 187 Å². The predicted octanol–water partition coefficient (Wildman–Crippen LogP) is 4.20. The van der Waals surface area contributed by atoms with Crippen molar-refractivity contribution in [3.05, 3.63) is 64.2 Å². The van der Waals surface area contributed by atoms with Crippen LogP contribution in [0.5, 0.6) is 17.4 Å². The molecule has 31 heavy (non-hydrogen) atoms. The summed E-state index contributed by atoms with van der Waals surface area (Å²) < 4.78 is 11.5. The molecule has 3 aromatic rings. The van der Waals surface area contributed by atoms with Crippen LogP contribution in [-0.4, -0.2) is 36.1 Å². The molecule has 2 heterocycles. The quantitative estimate of drug-likeness (QED) is 0.364. The molecule has 0 atom stereocenters. The number of thiazole rings is 1. The molecule has 0 amide bonds. The molecule has 0 aliphatic carbocycles. The summed E-state index contributed by atoms with van der Waals surface area (Å²) >= 11 is 1.77. The highest BCUT2D eigenvalue weighted by Gasteiger charge is 2.07. The van der Waals surface area contributed by atoms with Crippen LogP contribution in [0.4, 0.5) is 0 Å². The lowest BCUT2D eigenvalue weighted by Crippen LogP contribution is -2.37. The van der Waals surface area contributed by atoms with Gasteiger partial charge in [0.25, 0.3) is 0 Å². The molecule has 0 saturated carbocycles. The summed E-state index contributed by atoms with van der Waals surface area (Å²) in [5.41, 5.74) is 1.03. The number of para-hydroxylation sites is 2. The maximum atomic E-state index is 5.87. The molecule has 164 valence electrons. The molecule has 7 nitrogen and oxygen atoms in total. The highest BCUT2D eigenvalue weighted by Crippen LogP contribution is 2.30. The third-order valence-electron chi connectivity index (χ3n) is 4.43. The van der Waals surface area contributed by atoms with Crippen molar-refractivity contribution >= 4 is 17.3 Å². The smallest absolute Gasteiger partial charge is 0.219 e. The Kier molecular flexibility index (Phi) is 8.66. The SMILES string of the molecule is CCOc1ccccc1Oc1ccc(CNC(=NC)NCCc2ncc(CC)s2)cn1.